The van der Waals surface area contributed by atoms with E-state index in [1.807, 2.05) is 0 Å². The Labute approximate surface area is 280 Å². The number of rotatable bonds is 16. The minimum atomic E-state index is -1.05. The number of nitrogens with zero attached hydrogens (tertiary/aromatic N) is 1. The molecule has 3 saturated carbocycles. The average molecular weight is 663 g/mol. The molecule has 4 aliphatic rings. The van der Waals surface area contributed by atoms with Crippen molar-refractivity contribution in [3.8, 4) is 0 Å². The molecule has 8 unspecified atom stereocenters. The standard InChI is InChI=1S/C36H61N3O4S2/c1-24(2)8-6-9-25(3)29-13-14-30-28-12-11-26-22-27(15-17-35(26,4)31(28)16-18-36(29,30)5)43-34(42)39-20-19-38-32(37)10-7-21-44-45-23-33(40)41/h11,24-25,27-31H,6-10,12-23H2,1-5H3,(H2,37,38)(H,39,42)(H,40,41)/p-1. The fourth-order valence-corrected chi connectivity index (χ4v) is 11.6. The van der Waals surface area contributed by atoms with Crippen molar-refractivity contribution in [2.45, 2.75) is 124 Å². The van der Waals surface area contributed by atoms with Crippen molar-refractivity contribution in [1.82, 2.24) is 5.32 Å². The SMILES string of the molecule is CC(C)CCCC(C)C1CCC2C3CC=C4CC(OC(=O)NCCN=C(N)CCCSSCC(=O)[O-])CCC4(C)C3CCC12C. The van der Waals surface area contributed by atoms with Gasteiger partial charge in [-0.2, -0.15) is 0 Å². The molecule has 0 heterocycles. The van der Waals surface area contributed by atoms with Crippen molar-refractivity contribution >= 4 is 39.5 Å². The summed E-state index contributed by atoms with van der Waals surface area (Å²) in [7, 11) is 2.78. The van der Waals surface area contributed by atoms with Crippen molar-refractivity contribution in [3.63, 3.8) is 0 Å². The van der Waals surface area contributed by atoms with E-state index < -0.39 is 5.97 Å². The van der Waals surface area contributed by atoms with Crippen LogP contribution in [-0.4, -0.2) is 48.6 Å². The molecular formula is C36H60N3O4S2-. The zero-order valence-electron chi connectivity index (χ0n) is 28.6. The first kappa shape index (κ1) is 36.5. The number of fused-ring (bicyclic) bond motifs is 5. The Bertz CT molecular complexity index is 1070. The van der Waals surface area contributed by atoms with E-state index >= 15 is 0 Å². The summed E-state index contributed by atoms with van der Waals surface area (Å²) >= 11 is 0. The summed E-state index contributed by atoms with van der Waals surface area (Å²) in [5.74, 6) is 5.28. The number of amides is 1. The van der Waals surface area contributed by atoms with Crippen molar-refractivity contribution in [3.05, 3.63) is 11.6 Å². The van der Waals surface area contributed by atoms with Crippen LogP contribution >= 0.6 is 21.6 Å². The Morgan fingerprint density at radius 1 is 1.09 bits per heavy atom. The van der Waals surface area contributed by atoms with Crippen LogP contribution in [0.3, 0.4) is 0 Å². The van der Waals surface area contributed by atoms with Gasteiger partial charge in [0.1, 0.15) is 6.10 Å². The van der Waals surface area contributed by atoms with Crippen molar-refractivity contribution in [1.29, 1.82) is 0 Å². The molecule has 7 nitrogen and oxygen atoms in total. The van der Waals surface area contributed by atoms with Crippen molar-refractivity contribution in [2.24, 2.45) is 57.1 Å². The molecule has 45 heavy (non-hydrogen) atoms. The molecule has 256 valence electrons. The molecule has 0 aromatic rings. The Kier molecular flexibility index (Phi) is 13.5. The van der Waals surface area contributed by atoms with E-state index in [1.54, 1.807) is 5.57 Å². The van der Waals surface area contributed by atoms with Crippen LogP contribution in [0.2, 0.25) is 0 Å². The van der Waals surface area contributed by atoms with Gasteiger partial charge in [0.2, 0.25) is 0 Å². The molecule has 0 aliphatic heterocycles. The highest BCUT2D eigenvalue weighted by molar-refractivity contribution is 8.76. The minimum absolute atomic E-state index is 0.00650. The van der Waals surface area contributed by atoms with Gasteiger partial charge in [-0.15, -0.1) is 0 Å². The summed E-state index contributed by atoms with van der Waals surface area (Å²) < 4.78 is 5.90. The van der Waals surface area contributed by atoms with Crippen LogP contribution in [0.15, 0.2) is 16.6 Å². The van der Waals surface area contributed by atoms with Gasteiger partial charge in [0, 0.05) is 30.9 Å². The number of aliphatic carboxylic acids is 1. The largest absolute Gasteiger partial charge is 0.549 e. The van der Waals surface area contributed by atoms with Crippen LogP contribution in [-0.2, 0) is 9.53 Å². The zero-order valence-corrected chi connectivity index (χ0v) is 30.2. The highest BCUT2D eigenvalue weighted by Crippen LogP contribution is 2.67. The Balaban J connectivity index is 1.21. The highest BCUT2D eigenvalue weighted by atomic mass is 33.1. The van der Waals surface area contributed by atoms with E-state index in [0.717, 1.165) is 66.9 Å². The lowest BCUT2D eigenvalue weighted by atomic mass is 9.47. The van der Waals surface area contributed by atoms with Gasteiger partial charge in [0.05, 0.1) is 18.3 Å². The van der Waals surface area contributed by atoms with Gasteiger partial charge in [-0.05, 0) is 97.7 Å². The lowest BCUT2D eigenvalue weighted by Gasteiger charge is -2.58. The number of alkyl carbamates (subject to hydrolysis) is 1. The molecule has 1 amide bonds. The fourth-order valence-electron chi connectivity index (χ4n) is 9.84. The van der Waals surface area contributed by atoms with E-state index in [2.05, 4.69) is 51.0 Å². The van der Waals surface area contributed by atoms with Gasteiger partial charge in [0.15, 0.2) is 0 Å². The number of hydrogen-bond donors (Lipinski definition) is 2. The van der Waals surface area contributed by atoms with E-state index in [-0.39, 0.29) is 23.4 Å². The first-order valence-electron chi connectivity index (χ1n) is 17.8. The number of carbonyl (C=O) groups is 2. The topological polar surface area (TPSA) is 117 Å². The van der Waals surface area contributed by atoms with E-state index in [4.69, 9.17) is 10.5 Å². The number of hydrogen-bond acceptors (Lipinski definition) is 7. The van der Waals surface area contributed by atoms with Crippen LogP contribution < -0.4 is 16.2 Å². The first-order valence-corrected chi connectivity index (χ1v) is 20.3. The number of ether oxygens (including phenoxy) is 1. The molecule has 9 heteroatoms. The number of aliphatic imine (C=N–C) groups is 1. The lowest BCUT2D eigenvalue weighted by molar-refractivity contribution is -0.301. The molecule has 3 fully saturated rings. The van der Waals surface area contributed by atoms with Crippen LogP contribution in [0.4, 0.5) is 4.79 Å². The summed E-state index contributed by atoms with van der Waals surface area (Å²) in [6.07, 6.45) is 17.5. The summed E-state index contributed by atoms with van der Waals surface area (Å²) in [5.41, 5.74) is 8.28. The third-order valence-corrected chi connectivity index (χ3v) is 14.5. The Hall–Kier alpha value is -1.35. The van der Waals surface area contributed by atoms with Gasteiger partial charge in [-0.3, -0.25) is 4.99 Å². The van der Waals surface area contributed by atoms with Gasteiger partial charge in [-0.25, -0.2) is 4.79 Å². The number of nitrogens with one attached hydrogen (secondary N) is 1. The predicted octanol–water partition coefficient (Wildman–Crippen LogP) is 7.39. The summed E-state index contributed by atoms with van der Waals surface area (Å²) in [5, 5.41) is 13.3. The van der Waals surface area contributed by atoms with Gasteiger partial charge in [0.25, 0.3) is 0 Å². The number of carboxylic acid groups (broad SMARTS) is 1. The molecule has 0 aromatic heterocycles. The molecule has 0 saturated heterocycles. The van der Waals surface area contributed by atoms with Gasteiger partial charge < -0.3 is 25.7 Å². The summed E-state index contributed by atoms with van der Waals surface area (Å²) in [6, 6.07) is 0. The van der Waals surface area contributed by atoms with E-state index in [0.29, 0.717) is 30.8 Å². The first-order chi connectivity index (χ1) is 21.4. The number of carboxylic acids is 1. The summed E-state index contributed by atoms with van der Waals surface area (Å²) in [6.45, 7) is 13.3. The van der Waals surface area contributed by atoms with E-state index in [1.165, 1.54) is 73.0 Å². The normalized spacial score (nSPS) is 33.5. The minimum Gasteiger partial charge on any atom is -0.549 e. The number of nitrogens with two attached hydrogens (primary N) is 1. The molecule has 4 aliphatic carbocycles. The molecule has 0 radical (unpaired) electrons. The maximum atomic E-state index is 12.6. The van der Waals surface area contributed by atoms with Crippen LogP contribution in [0, 0.1) is 46.3 Å². The fraction of sp³-hybridized carbons (Fsp3) is 0.861. The maximum absolute atomic E-state index is 12.6. The zero-order chi connectivity index (χ0) is 32.6. The van der Waals surface area contributed by atoms with Gasteiger partial charge >= 0.3 is 6.09 Å². The highest BCUT2D eigenvalue weighted by Gasteiger charge is 2.59. The Morgan fingerprint density at radius 2 is 1.89 bits per heavy atom. The third-order valence-electron chi connectivity index (χ3n) is 12.2. The average Bonchev–Trinajstić information content (AvgIpc) is 3.34. The van der Waals surface area contributed by atoms with Crippen LogP contribution in [0.5, 0.6) is 0 Å². The smallest absolute Gasteiger partial charge is 0.407 e. The van der Waals surface area contributed by atoms with Crippen LogP contribution in [0.1, 0.15) is 118 Å². The predicted molar refractivity (Wildman–Crippen MR) is 187 cm³/mol. The quantitative estimate of drug-likeness (QED) is 0.0582. The van der Waals surface area contributed by atoms with Gasteiger partial charge in [-0.1, -0.05) is 87.1 Å². The number of amidine groups is 1. The molecule has 0 bridgehead atoms. The molecule has 8 atom stereocenters. The molecule has 0 spiro atoms. The van der Waals surface area contributed by atoms with E-state index in [9.17, 15) is 14.7 Å². The lowest BCUT2D eigenvalue weighted by Crippen LogP contribution is -2.51. The monoisotopic (exact) mass is 662 g/mol. The van der Waals surface area contributed by atoms with Crippen LogP contribution in [0.25, 0.3) is 0 Å². The maximum Gasteiger partial charge on any atom is 0.407 e. The number of allylic oxidation sites excluding steroid dienone is 1. The number of carbonyl (C=O) groups excluding carboxylic acids is 2. The second kappa shape index (κ2) is 16.7. The Morgan fingerprint density at radius 3 is 2.64 bits per heavy atom. The third kappa shape index (κ3) is 9.39. The summed E-state index contributed by atoms with van der Waals surface area (Å²) in [4.78, 5) is 27.4. The molecule has 0 aromatic carbocycles. The second-order valence-corrected chi connectivity index (χ2v) is 18.0. The molecular weight excluding hydrogens is 603 g/mol. The van der Waals surface area contributed by atoms with Crippen molar-refractivity contribution < 1.29 is 19.4 Å². The molecule has 4 rings (SSSR count). The molecule has 3 N–H and O–H groups in total. The second-order valence-electron chi connectivity index (χ2n) is 15.4. The van der Waals surface area contributed by atoms with Crippen molar-refractivity contribution in [2.75, 3.05) is 24.6 Å².